The molecule has 4 aromatic rings. The SMILES string of the molecule is C=C(CC)Nc1cncc(-c2ccc(N)c(C(=C)C(=C)Nc3cncc(-c4cccc(F)c4)c3C)c2)c1. The van der Waals surface area contributed by atoms with E-state index in [-0.39, 0.29) is 5.82 Å². The van der Waals surface area contributed by atoms with E-state index in [1.54, 1.807) is 30.9 Å². The van der Waals surface area contributed by atoms with Crippen LogP contribution in [0, 0.1) is 12.7 Å². The molecular weight excluding hydrogens is 461 g/mol. The summed E-state index contributed by atoms with van der Waals surface area (Å²) in [5, 5.41) is 6.59. The summed E-state index contributed by atoms with van der Waals surface area (Å²) >= 11 is 0. The number of pyridine rings is 2. The molecule has 2 heterocycles. The van der Waals surface area contributed by atoms with Crippen molar-refractivity contribution in [2.45, 2.75) is 20.3 Å². The summed E-state index contributed by atoms with van der Waals surface area (Å²) in [5.74, 6) is -0.296. The van der Waals surface area contributed by atoms with Gasteiger partial charge in [0, 0.05) is 46.2 Å². The van der Waals surface area contributed by atoms with Crippen LogP contribution in [0.25, 0.3) is 27.8 Å². The van der Waals surface area contributed by atoms with Gasteiger partial charge in [-0.1, -0.05) is 44.9 Å². The minimum Gasteiger partial charge on any atom is -0.398 e. The molecule has 186 valence electrons. The summed E-state index contributed by atoms with van der Waals surface area (Å²) in [6.07, 6.45) is 7.83. The first kappa shape index (κ1) is 25.4. The summed E-state index contributed by atoms with van der Waals surface area (Å²) < 4.78 is 13.8. The lowest BCUT2D eigenvalue weighted by Crippen LogP contribution is -2.05. The lowest BCUT2D eigenvalue weighted by Gasteiger charge is -2.18. The number of anilines is 3. The molecule has 4 N–H and O–H groups in total. The van der Waals surface area contributed by atoms with E-state index in [1.807, 2.05) is 44.2 Å². The molecule has 0 spiro atoms. The van der Waals surface area contributed by atoms with Crippen molar-refractivity contribution in [3.63, 3.8) is 0 Å². The molecule has 0 aliphatic rings. The molecule has 0 unspecified atom stereocenters. The lowest BCUT2D eigenvalue weighted by molar-refractivity contribution is 0.628. The minimum atomic E-state index is -0.296. The first-order valence-corrected chi connectivity index (χ1v) is 11.9. The van der Waals surface area contributed by atoms with Gasteiger partial charge in [-0.05, 0) is 65.9 Å². The van der Waals surface area contributed by atoms with Gasteiger partial charge < -0.3 is 16.4 Å². The summed E-state index contributed by atoms with van der Waals surface area (Å²) in [6.45, 7) is 16.5. The highest BCUT2D eigenvalue weighted by Gasteiger charge is 2.13. The van der Waals surface area contributed by atoms with Gasteiger partial charge in [-0.15, -0.1) is 0 Å². The van der Waals surface area contributed by atoms with Crippen molar-refractivity contribution in [3.8, 4) is 22.3 Å². The average Bonchev–Trinajstić information content (AvgIpc) is 2.89. The van der Waals surface area contributed by atoms with Gasteiger partial charge in [0.1, 0.15) is 5.82 Å². The van der Waals surface area contributed by atoms with Crippen LogP contribution in [0.5, 0.6) is 0 Å². The largest absolute Gasteiger partial charge is 0.398 e. The Morgan fingerprint density at radius 3 is 2.43 bits per heavy atom. The van der Waals surface area contributed by atoms with E-state index < -0.39 is 0 Å². The van der Waals surface area contributed by atoms with Crippen LogP contribution in [0.15, 0.2) is 104 Å². The molecule has 2 aromatic carbocycles. The van der Waals surface area contributed by atoms with Crippen LogP contribution in [-0.2, 0) is 0 Å². The molecule has 0 atom stereocenters. The number of nitrogen functional groups attached to an aromatic ring is 1. The van der Waals surface area contributed by atoms with Crippen LogP contribution < -0.4 is 16.4 Å². The maximum atomic E-state index is 13.8. The van der Waals surface area contributed by atoms with Gasteiger partial charge >= 0.3 is 0 Å². The third kappa shape index (κ3) is 5.76. The van der Waals surface area contributed by atoms with Gasteiger partial charge in [-0.2, -0.15) is 0 Å². The van der Waals surface area contributed by atoms with Crippen molar-refractivity contribution >= 4 is 22.6 Å². The van der Waals surface area contributed by atoms with Crippen LogP contribution in [0.3, 0.4) is 0 Å². The molecule has 4 rings (SSSR count). The molecule has 5 nitrogen and oxygen atoms in total. The Bertz CT molecular complexity index is 1510. The average molecular weight is 492 g/mol. The van der Waals surface area contributed by atoms with Crippen LogP contribution in [0.4, 0.5) is 21.5 Å². The molecule has 0 fully saturated rings. The van der Waals surface area contributed by atoms with Gasteiger partial charge in [0.15, 0.2) is 0 Å². The quantitative estimate of drug-likeness (QED) is 0.164. The van der Waals surface area contributed by atoms with E-state index in [1.165, 1.54) is 12.1 Å². The topological polar surface area (TPSA) is 75.9 Å². The predicted molar refractivity (Wildman–Crippen MR) is 153 cm³/mol. The van der Waals surface area contributed by atoms with Crippen LogP contribution in [0.2, 0.25) is 0 Å². The summed E-state index contributed by atoms with van der Waals surface area (Å²) in [5.41, 5.74) is 15.8. The van der Waals surface area contributed by atoms with E-state index in [4.69, 9.17) is 5.73 Å². The first-order chi connectivity index (χ1) is 17.8. The zero-order valence-corrected chi connectivity index (χ0v) is 21.1. The van der Waals surface area contributed by atoms with Gasteiger partial charge in [0.2, 0.25) is 0 Å². The molecule has 0 aliphatic carbocycles. The van der Waals surface area contributed by atoms with Crippen molar-refractivity contribution in [1.29, 1.82) is 0 Å². The highest BCUT2D eigenvalue weighted by molar-refractivity contribution is 5.88. The molecule has 6 heteroatoms. The molecule has 0 aliphatic heterocycles. The van der Waals surface area contributed by atoms with E-state index in [0.29, 0.717) is 17.0 Å². The van der Waals surface area contributed by atoms with Gasteiger partial charge in [-0.25, -0.2) is 4.39 Å². The Labute approximate surface area is 217 Å². The molecule has 0 radical (unpaired) electrons. The van der Waals surface area contributed by atoms with Crippen molar-refractivity contribution in [2.75, 3.05) is 16.4 Å². The fourth-order valence-electron chi connectivity index (χ4n) is 3.95. The second kappa shape index (κ2) is 10.9. The number of benzene rings is 2. The number of rotatable bonds is 9. The number of hydrogen-bond acceptors (Lipinski definition) is 5. The van der Waals surface area contributed by atoms with E-state index in [2.05, 4.69) is 40.3 Å². The van der Waals surface area contributed by atoms with E-state index in [9.17, 15) is 4.39 Å². The number of hydrogen-bond donors (Lipinski definition) is 3. The van der Waals surface area contributed by atoms with Crippen LogP contribution >= 0.6 is 0 Å². The molecule has 0 saturated carbocycles. The van der Waals surface area contributed by atoms with Gasteiger partial charge in [-0.3, -0.25) is 9.97 Å². The molecule has 2 aromatic heterocycles. The molecule has 0 bridgehead atoms. The second-order valence-corrected chi connectivity index (χ2v) is 8.80. The van der Waals surface area contributed by atoms with Crippen molar-refractivity contribution < 1.29 is 4.39 Å². The van der Waals surface area contributed by atoms with Gasteiger partial charge in [0.05, 0.1) is 23.8 Å². The molecule has 0 saturated heterocycles. The zero-order valence-electron chi connectivity index (χ0n) is 21.1. The number of nitrogens with two attached hydrogens (primary N) is 1. The van der Waals surface area contributed by atoms with Crippen LogP contribution in [0.1, 0.15) is 24.5 Å². The molecule has 0 amide bonds. The van der Waals surface area contributed by atoms with Crippen LogP contribution in [-0.4, -0.2) is 9.97 Å². The highest BCUT2D eigenvalue weighted by Crippen LogP contribution is 2.34. The van der Waals surface area contributed by atoms with Gasteiger partial charge in [0.25, 0.3) is 0 Å². The zero-order chi connectivity index (χ0) is 26.5. The van der Waals surface area contributed by atoms with Crippen molar-refractivity contribution in [2.24, 2.45) is 0 Å². The third-order valence-corrected chi connectivity index (χ3v) is 6.20. The summed E-state index contributed by atoms with van der Waals surface area (Å²) in [7, 11) is 0. The Morgan fingerprint density at radius 1 is 0.892 bits per heavy atom. The predicted octanol–water partition coefficient (Wildman–Crippen LogP) is 7.81. The minimum absolute atomic E-state index is 0.296. The Kier molecular flexibility index (Phi) is 7.49. The maximum Gasteiger partial charge on any atom is 0.123 e. The fraction of sp³-hybridized carbons (Fsp3) is 0.0968. The number of nitrogens with one attached hydrogen (secondary N) is 2. The summed E-state index contributed by atoms with van der Waals surface area (Å²) in [4.78, 5) is 8.71. The second-order valence-electron chi connectivity index (χ2n) is 8.80. The monoisotopic (exact) mass is 491 g/mol. The summed E-state index contributed by atoms with van der Waals surface area (Å²) in [6, 6.07) is 14.3. The number of halogens is 1. The van der Waals surface area contributed by atoms with Crippen molar-refractivity contribution in [3.05, 3.63) is 121 Å². The fourth-order valence-corrected chi connectivity index (χ4v) is 3.95. The number of allylic oxidation sites excluding steroid dienone is 2. The highest BCUT2D eigenvalue weighted by atomic mass is 19.1. The standard InChI is InChI=1S/C31H30FN5/c1-6-19(2)36-27-13-25(15-34-16-27)23-10-11-30(33)28(14-23)20(3)22(5)37-31-18-35-17-29(21(31)4)24-8-7-9-26(32)12-24/h7-18,36-37H,2-3,5-6,33H2,1,4H3. The number of aromatic nitrogens is 2. The normalized spacial score (nSPS) is 10.6. The van der Waals surface area contributed by atoms with Crippen molar-refractivity contribution in [1.82, 2.24) is 9.97 Å². The van der Waals surface area contributed by atoms with E-state index in [0.717, 1.165) is 56.9 Å². The lowest BCUT2D eigenvalue weighted by atomic mass is 9.97. The maximum absolute atomic E-state index is 13.8. The molecule has 37 heavy (non-hydrogen) atoms. The smallest absolute Gasteiger partial charge is 0.123 e. The Hall–Kier alpha value is -4.71. The Balaban J connectivity index is 1.59. The molecular formula is C31H30FN5. The number of nitrogens with zero attached hydrogens (tertiary/aromatic N) is 2. The first-order valence-electron chi connectivity index (χ1n) is 11.9. The van der Waals surface area contributed by atoms with E-state index >= 15 is 0 Å². The Morgan fingerprint density at radius 2 is 1.68 bits per heavy atom. The third-order valence-electron chi connectivity index (χ3n) is 6.20.